The van der Waals surface area contributed by atoms with Gasteiger partial charge in [-0.3, -0.25) is 0 Å². The molecule has 0 aliphatic carbocycles. The van der Waals surface area contributed by atoms with Crippen LogP contribution in [0.25, 0.3) is 0 Å². The molecular weight excluding hydrogens is 436 g/mol. The quantitative estimate of drug-likeness (QED) is 0.264. The van der Waals surface area contributed by atoms with Gasteiger partial charge in [-0.25, -0.2) is 8.42 Å². The van der Waals surface area contributed by atoms with Gasteiger partial charge in [0.25, 0.3) is 0 Å². The molecule has 0 spiro atoms. The molecule has 0 aliphatic rings. The van der Waals surface area contributed by atoms with E-state index < -0.39 is 10.1 Å². The lowest BCUT2D eigenvalue weighted by Crippen LogP contribution is -2.04. The highest BCUT2D eigenvalue weighted by Crippen LogP contribution is 2.30. The third-order valence-electron chi connectivity index (χ3n) is 4.79. The molecule has 32 heavy (non-hydrogen) atoms. The Kier molecular flexibility index (Phi) is 7.91. The van der Waals surface area contributed by atoms with E-state index in [0.717, 1.165) is 5.56 Å². The summed E-state index contributed by atoms with van der Waals surface area (Å²) in [4.78, 5) is 4.00. The summed E-state index contributed by atoms with van der Waals surface area (Å²) in [5.74, 6) is 0. The van der Waals surface area contributed by atoms with Crippen molar-refractivity contribution in [3.8, 4) is 0 Å². The van der Waals surface area contributed by atoms with E-state index in [0.29, 0.717) is 11.1 Å². The Labute approximate surface area is 193 Å². The largest absolute Gasteiger partial charge is 0.744 e. The van der Waals surface area contributed by atoms with Gasteiger partial charge in [-0.2, -0.15) is 0 Å². The molecule has 0 unspecified atom stereocenters. The number of benzene rings is 4. The van der Waals surface area contributed by atoms with Gasteiger partial charge in [-0.15, -0.1) is 0 Å². The fraction of sp³-hybridized carbons (Fsp3) is 0.111. The van der Waals surface area contributed by atoms with Crippen LogP contribution in [0.5, 0.6) is 0 Å². The van der Waals surface area contributed by atoms with E-state index in [1.54, 1.807) is 26.0 Å². The van der Waals surface area contributed by atoms with Crippen molar-refractivity contribution in [3.05, 3.63) is 120 Å². The minimum atomic E-state index is -4.33. The molecule has 0 saturated heterocycles. The van der Waals surface area contributed by atoms with E-state index in [9.17, 15) is 13.0 Å². The van der Waals surface area contributed by atoms with Gasteiger partial charge in [-0.05, 0) is 68.3 Å². The molecule has 4 aromatic carbocycles. The number of rotatable bonds is 4. The zero-order chi connectivity index (χ0) is 23.1. The van der Waals surface area contributed by atoms with Crippen molar-refractivity contribution < 1.29 is 13.0 Å². The molecule has 0 amide bonds. The molecule has 0 aromatic heterocycles. The Hall–Kier alpha value is -2.86. The maximum absolute atomic E-state index is 10.8. The average molecular weight is 463 g/mol. The van der Waals surface area contributed by atoms with Crippen molar-refractivity contribution in [2.24, 2.45) is 0 Å². The monoisotopic (exact) mass is 462 g/mol. The first kappa shape index (κ1) is 23.8. The van der Waals surface area contributed by atoms with Crippen LogP contribution in [0.4, 0.5) is 0 Å². The molecule has 5 heteroatoms. The van der Waals surface area contributed by atoms with Crippen LogP contribution >= 0.6 is 0 Å². The highest BCUT2D eigenvalue weighted by molar-refractivity contribution is 7.97. The second-order valence-corrected chi connectivity index (χ2v) is 10.8. The molecular formula is C27H26O3S2. The van der Waals surface area contributed by atoms with Gasteiger partial charge in [0.1, 0.15) is 10.1 Å². The van der Waals surface area contributed by atoms with E-state index >= 15 is 0 Å². The van der Waals surface area contributed by atoms with Gasteiger partial charge in [0.2, 0.25) is 0 Å². The van der Waals surface area contributed by atoms with Crippen molar-refractivity contribution in [1.29, 1.82) is 0 Å². The first-order chi connectivity index (χ1) is 15.3. The molecule has 0 heterocycles. The Balaban J connectivity index is 0.000000195. The second-order valence-electron chi connectivity index (χ2n) is 7.43. The summed E-state index contributed by atoms with van der Waals surface area (Å²) >= 11 is 0. The lowest BCUT2D eigenvalue weighted by atomic mass is 10.1. The van der Waals surface area contributed by atoms with Crippen LogP contribution < -0.4 is 0 Å². The lowest BCUT2D eigenvalue weighted by Gasteiger charge is -2.14. The average Bonchev–Trinajstić information content (AvgIpc) is 2.75. The topological polar surface area (TPSA) is 57.2 Å². The molecule has 0 N–H and O–H groups in total. The number of hydrogen-bond donors (Lipinski definition) is 0. The van der Waals surface area contributed by atoms with Gasteiger partial charge in [0.15, 0.2) is 14.7 Å². The Morgan fingerprint density at radius 1 is 0.594 bits per heavy atom. The van der Waals surface area contributed by atoms with Crippen LogP contribution in [0.2, 0.25) is 0 Å². The first-order valence-electron chi connectivity index (χ1n) is 10.2. The summed E-state index contributed by atoms with van der Waals surface area (Å²) in [7, 11) is -4.35. The summed E-state index contributed by atoms with van der Waals surface area (Å²) in [6, 6.07) is 35.5. The predicted octanol–water partition coefficient (Wildman–Crippen LogP) is 6.30. The molecule has 4 aromatic rings. The van der Waals surface area contributed by atoms with Gasteiger partial charge in [0, 0.05) is 0 Å². The van der Waals surface area contributed by atoms with Crippen molar-refractivity contribution in [2.45, 2.75) is 40.4 Å². The molecule has 0 fully saturated rings. The summed E-state index contributed by atoms with van der Waals surface area (Å²) < 4.78 is 32.5. The Bertz CT molecular complexity index is 1140. The fourth-order valence-electron chi connectivity index (χ4n) is 3.64. The van der Waals surface area contributed by atoms with E-state index in [2.05, 4.69) is 91.0 Å². The third kappa shape index (κ3) is 6.10. The van der Waals surface area contributed by atoms with E-state index in [4.69, 9.17) is 0 Å². The van der Waals surface area contributed by atoms with Crippen molar-refractivity contribution in [1.82, 2.24) is 0 Å². The molecule has 0 aliphatic heterocycles. The number of aryl methyl sites for hydroxylation is 3. The van der Waals surface area contributed by atoms with E-state index in [1.807, 2.05) is 6.92 Å². The smallest absolute Gasteiger partial charge is 0.166 e. The standard InChI is InChI=1S/C18H15S.C9H12O3S/c1-4-10-16(11-5-1)19(17-12-6-2-7-13-17)18-14-8-3-9-15-18;1-6-4-7(2)9(8(3)5-6)13(10,11)12/h1-15H;4-5H,1-3H3,(H,10,11,12)/q+1;/p-1. The van der Waals surface area contributed by atoms with Crippen LogP contribution in [0.15, 0.2) is 123 Å². The highest BCUT2D eigenvalue weighted by Gasteiger charge is 2.27. The molecule has 164 valence electrons. The Morgan fingerprint density at radius 3 is 1.19 bits per heavy atom. The SMILES string of the molecule is Cc1cc(C)c(S(=O)(=O)[O-])c(C)c1.c1ccc([S+](c2ccccc2)c2ccccc2)cc1. The van der Waals surface area contributed by atoms with Crippen molar-refractivity contribution in [2.75, 3.05) is 0 Å². The van der Waals surface area contributed by atoms with E-state index in [-0.39, 0.29) is 15.8 Å². The third-order valence-corrected chi connectivity index (χ3v) is 8.17. The molecule has 0 radical (unpaired) electrons. The highest BCUT2D eigenvalue weighted by atomic mass is 32.2. The van der Waals surface area contributed by atoms with E-state index in [1.165, 1.54) is 14.7 Å². The number of hydrogen-bond acceptors (Lipinski definition) is 3. The van der Waals surface area contributed by atoms with Crippen LogP contribution in [0.1, 0.15) is 16.7 Å². The molecule has 0 saturated carbocycles. The normalized spacial score (nSPS) is 11.0. The van der Waals surface area contributed by atoms with Crippen LogP contribution in [0, 0.1) is 20.8 Å². The maximum Gasteiger partial charge on any atom is 0.166 e. The lowest BCUT2D eigenvalue weighted by molar-refractivity contribution is 0.462. The summed E-state index contributed by atoms with van der Waals surface area (Å²) in [5, 5.41) is 0. The van der Waals surface area contributed by atoms with Crippen LogP contribution in [-0.2, 0) is 21.0 Å². The predicted molar refractivity (Wildman–Crippen MR) is 130 cm³/mol. The summed E-state index contributed by atoms with van der Waals surface area (Å²) in [6.07, 6.45) is 0. The minimum absolute atomic E-state index is 0.0146. The second kappa shape index (κ2) is 10.6. The zero-order valence-electron chi connectivity index (χ0n) is 18.4. The van der Waals surface area contributed by atoms with Gasteiger partial charge >= 0.3 is 0 Å². The molecule has 3 nitrogen and oxygen atoms in total. The van der Waals surface area contributed by atoms with Crippen LogP contribution in [0.3, 0.4) is 0 Å². The molecule has 0 atom stereocenters. The fourth-order valence-corrected chi connectivity index (χ4v) is 6.65. The minimum Gasteiger partial charge on any atom is -0.744 e. The van der Waals surface area contributed by atoms with Crippen LogP contribution in [-0.4, -0.2) is 13.0 Å². The summed E-state index contributed by atoms with van der Waals surface area (Å²) in [5.41, 5.74) is 2.00. The Morgan fingerprint density at radius 2 is 0.906 bits per heavy atom. The molecule has 0 bridgehead atoms. The zero-order valence-corrected chi connectivity index (χ0v) is 20.0. The maximum atomic E-state index is 10.8. The summed E-state index contributed by atoms with van der Waals surface area (Å²) in [6.45, 7) is 5.12. The van der Waals surface area contributed by atoms with Crippen molar-refractivity contribution in [3.63, 3.8) is 0 Å². The van der Waals surface area contributed by atoms with Gasteiger partial charge in [0.05, 0.1) is 15.8 Å². The molecule has 4 rings (SSSR count). The van der Waals surface area contributed by atoms with Gasteiger partial charge < -0.3 is 4.55 Å². The first-order valence-corrected chi connectivity index (χ1v) is 12.8. The van der Waals surface area contributed by atoms with Crippen molar-refractivity contribution >= 4 is 21.0 Å². The van der Waals surface area contributed by atoms with Gasteiger partial charge in [-0.1, -0.05) is 72.3 Å².